The molecular formula is C51H63N6O20S4+. The van der Waals surface area contributed by atoms with E-state index in [-0.39, 0.29) is 46.7 Å². The second kappa shape index (κ2) is 23.6. The Morgan fingerprint density at radius 1 is 0.753 bits per heavy atom. The lowest BCUT2D eigenvalue weighted by atomic mass is 9.79. The lowest BCUT2D eigenvalue weighted by molar-refractivity contribution is -0.438. The van der Waals surface area contributed by atoms with Crippen LogP contribution < -0.4 is 15.5 Å². The third kappa shape index (κ3) is 12.8. The number of benzene rings is 4. The van der Waals surface area contributed by atoms with Crippen molar-refractivity contribution in [2.75, 3.05) is 37.7 Å². The normalized spacial score (nSPS) is 21.6. The van der Waals surface area contributed by atoms with Gasteiger partial charge >= 0.3 is 6.03 Å². The molecule has 1 fully saturated rings. The van der Waals surface area contributed by atoms with Crippen LogP contribution >= 0.6 is 0 Å². The van der Waals surface area contributed by atoms with Crippen LogP contribution in [0.2, 0.25) is 0 Å². The molecule has 0 saturated carbocycles. The number of ether oxygens (including phenoxy) is 1. The summed E-state index contributed by atoms with van der Waals surface area (Å²) in [5, 5.41) is 47.9. The predicted molar refractivity (Wildman–Crippen MR) is 293 cm³/mol. The summed E-state index contributed by atoms with van der Waals surface area (Å²) in [5.74, 6) is -0.473. The van der Waals surface area contributed by atoms with Gasteiger partial charge in [0.05, 0.1) is 33.6 Å². The number of nitrogens with zero attached hydrogens (tertiary/aromatic N) is 4. The van der Waals surface area contributed by atoms with Crippen molar-refractivity contribution in [2.24, 2.45) is 5.29 Å². The maximum Gasteiger partial charge on any atom is 0.340 e. The maximum absolute atomic E-state index is 13.0. The van der Waals surface area contributed by atoms with E-state index < -0.39 is 127 Å². The van der Waals surface area contributed by atoms with E-state index in [1.54, 1.807) is 35.0 Å². The number of nitroso groups, excluding NO2 is 1. The van der Waals surface area contributed by atoms with Crippen molar-refractivity contribution in [3.05, 3.63) is 101 Å². The summed E-state index contributed by atoms with van der Waals surface area (Å²) in [5.41, 5.74) is 0.905. The first kappa shape index (κ1) is 62.5. The van der Waals surface area contributed by atoms with Crippen molar-refractivity contribution in [3.8, 4) is 0 Å². The van der Waals surface area contributed by atoms with Crippen molar-refractivity contribution in [1.82, 2.24) is 15.6 Å². The van der Waals surface area contributed by atoms with E-state index in [2.05, 4.69) is 15.9 Å². The van der Waals surface area contributed by atoms with E-state index in [0.29, 0.717) is 65.5 Å². The first-order valence-electron chi connectivity index (χ1n) is 25.3. The Labute approximate surface area is 467 Å². The summed E-state index contributed by atoms with van der Waals surface area (Å²) >= 11 is 0. The summed E-state index contributed by atoms with van der Waals surface area (Å²) in [6.45, 7) is 8.33. The molecule has 30 heteroatoms. The minimum Gasteiger partial charge on any atom is -0.394 e. The van der Waals surface area contributed by atoms with Crippen LogP contribution in [0.25, 0.3) is 21.5 Å². The van der Waals surface area contributed by atoms with Crippen molar-refractivity contribution in [2.45, 2.75) is 128 Å². The molecule has 5 atom stereocenters. The topological polar surface area (TPSA) is 405 Å². The molecule has 0 spiro atoms. The van der Waals surface area contributed by atoms with Gasteiger partial charge in [-0.3, -0.25) is 23.0 Å². The number of urea groups is 1. The molecule has 0 bridgehead atoms. The smallest absolute Gasteiger partial charge is 0.340 e. The Balaban J connectivity index is 1.15. The zero-order chi connectivity index (χ0) is 59.9. The van der Waals surface area contributed by atoms with E-state index in [9.17, 15) is 86.8 Å². The molecule has 3 aliphatic heterocycles. The SMILES string of the molecule is CCCN1/C(=C/C=C/C=C/C2=[N+](CCCCCC(=O)NCCN(N=O)C(=O)NC3C(O)OC(CO)C(O)C3O)c3cc(S(=O)(=O)O)c4ccc(S(=O)(=O)O)cc4c3C2(C)C)C(C)(C)c2c1cc(S(=O)(=O)O)c1ccc(S(=O)(=O)O)cc21. The Kier molecular flexibility index (Phi) is 18.2. The number of rotatable bonds is 21. The number of allylic oxidation sites excluding steroid dienone is 6. The summed E-state index contributed by atoms with van der Waals surface area (Å²) in [6.07, 6.45) is 3.54. The minimum atomic E-state index is -4.96. The molecule has 1 saturated heterocycles. The number of aliphatic hydroxyl groups is 4. The van der Waals surface area contributed by atoms with Crippen molar-refractivity contribution < 1.29 is 91.2 Å². The first-order chi connectivity index (χ1) is 37.7. The van der Waals surface area contributed by atoms with Crippen LogP contribution in [0.4, 0.5) is 16.2 Å². The zero-order valence-electron chi connectivity index (χ0n) is 44.4. The number of hydrogen-bond donors (Lipinski definition) is 10. The molecule has 0 radical (unpaired) electrons. The second-order valence-corrected chi connectivity index (χ2v) is 26.3. The fourth-order valence-electron chi connectivity index (χ4n) is 10.8. The third-order valence-electron chi connectivity index (χ3n) is 14.6. The molecule has 10 N–H and O–H groups in total. The number of unbranched alkanes of at least 4 members (excludes halogenated alkanes) is 2. The highest BCUT2D eigenvalue weighted by Gasteiger charge is 2.48. The van der Waals surface area contributed by atoms with Gasteiger partial charge in [0.1, 0.15) is 40.7 Å². The number of nitrogens with one attached hydrogen (secondary N) is 2. The van der Waals surface area contributed by atoms with Crippen LogP contribution in [0, 0.1) is 4.91 Å². The summed E-state index contributed by atoms with van der Waals surface area (Å²) in [6, 6.07) is 6.52. The molecule has 3 aliphatic rings. The van der Waals surface area contributed by atoms with Gasteiger partial charge in [-0.2, -0.15) is 43.3 Å². The van der Waals surface area contributed by atoms with Gasteiger partial charge in [0.15, 0.2) is 12.0 Å². The maximum atomic E-state index is 13.0. The number of aliphatic hydroxyl groups excluding tert-OH is 4. The highest BCUT2D eigenvalue weighted by Crippen LogP contribution is 2.53. The molecule has 4 aromatic carbocycles. The average molecular weight is 1210 g/mol. The number of fused-ring (bicyclic) bond motifs is 6. The molecule has 7 rings (SSSR count). The number of hydrogen-bond acceptors (Lipinski definition) is 18. The third-order valence-corrected chi connectivity index (χ3v) is 18.1. The summed E-state index contributed by atoms with van der Waals surface area (Å²) < 4.78 is 149. The van der Waals surface area contributed by atoms with Gasteiger partial charge in [-0.1, -0.05) is 51.1 Å². The van der Waals surface area contributed by atoms with Gasteiger partial charge in [-0.25, -0.2) is 4.79 Å². The van der Waals surface area contributed by atoms with Crippen molar-refractivity contribution in [3.63, 3.8) is 0 Å². The van der Waals surface area contributed by atoms with Crippen LogP contribution in [0.5, 0.6) is 0 Å². The lowest BCUT2D eigenvalue weighted by Gasteiger charge is -2.40. The molecule has 26 nitrogen and oxygen atoms in total. The van der Waals surface area contributed by atoms with E-state index in [0.717, 1.165) is 24.3 Å². The lowest BCUT2D eigenvalue weighted by Crippen LogP contribution is -2.65. The first-order valence-corrected chi connectivity index (χ1v) is 31.0. The van der Waals surface area contributed by atoms with Crippen LogP contribution in [0.3, 0.4) is 0 Å². The fourth-order valence-corrected chi connectivity index (χ4v) is 13.3. The molecule has 0 aliphatic carbocycles. The van der Waals surface area contributed by atoms with Gasteiger partial charge in [-0.15, -0.1) is 4.91 Å². The monoisotopic (exact) mass is 1210 g/mol. The second-order valence-electron chi connectivity index (χ2n) is 20.7. The van der Waals surface area contributed by atoms with Gasteiger partial charge in [-0.05, 0) is 85.9 Å². The van der Waals surface area contributed by atoms with E-state index in [4.69, 9.17) is 4.74 Å². The predicted octanol–water partition coefficient (Wildman–Crippen LogP) is 3.73. The largest absolute Gasteiger partial charge is 0.394 e. The molecule has 5 unspecified atom stereocenters. The van der Waals surface area contributed by atoms with Gasteiger partial charge < -0.3 is 40.7 Å². The van der Waals surface area contributed by atoms with Gasteiger partial charge in [0, 0.05) is 71.2 Å². The number of carbonyl (C=O) groups excluding carboxylic acids is 2. The Hall–Kier alpha value is -6.13. The molecule has 3 amide bonds. The highest BCUT2D eigenvalue weighted by molar-refractivity contribution is 7.86. The molecule has 81 heavy (non-hydrogen) atoms. The quantitative estimate of drug-likeness (QED) is 0.0142. The molecule has 0 aromatic heterocycles. The summed E-state index contributed by atoms with van der Waals surface area (Å²) in [4.78, 5) is 37.0. The average Bonchev–Trinajstić information content (AvgIpc) is 3.60. The van der Waals surface area contributed by atoms with Crippen LogP contribution in [-0.2, 0) is 60.8 Å². The molecule has 4 aromatic rings. The van der Waals surface area contributed by atoms with Crippen LogP contribution in [0.1, 0.15) is 77.8 Å². The van der Waals surface area contributed by atoms with E-state index in [1.807, 2.05) is 39.5 Å². The van der Waals surface area contributed by atoms with Gasteiger partial charge in [0.2, 0.25) is 11.6 Å². The fraction of sp³-hybridized carbons (Fsp3) is 0.431. The summed E-state index contributed by atoms with van der Waals surface area (Å²) in [7, 11) is -19.4. The molecular weight excluding hydrogens is 1140 g/mol. The Morgan fingerprint density at radius 2 is 1.35 bits per heavy atom. The zero-order valence-corrected chi connectivity index (χ0v) is 47.6. The van der Waals surface area contributed by atoms with E-state index in [1.165, 1.54) is 24.3 Å². The van der Waals surface area contributed by atoms with Crippen molar-refractivity contribution >= 4 is 91.0 Å². The minimum absolute atomic E-state index is 0.0252. The van der Waals surface area contributed by atoms with Gasteiger partial charge in [0.25, 0.3) is 40.5 Å². The van der Waals surface area contributed by atoms with Crippen LogP contribution in [-0.4, -0.2) is 163 Å². The van der Waals surface area contributed by atoms with E-state index >= 15 is 0 Å². The Bertz CT molecular complexity index is 3790. The van der Waals surface area contributed by atoms with Crippen molar-refractivity contribution in [1.29, 1.82) is 0 Å². The standard InChI is InChI=1S/C51H62N6O20S4/c1-6-21-55-35-26-38(80(71,72)73)31-18-16-29(78(65,66)67)24-33(31)43(35)50(2,3)40(55)13-9-7-10-14-41-51(4,5)44-34-25-30(79(68,69)70)17-19-32(34)39(81(74,75)76)27-36(44)56(41)22-12-8-11-15-42(59)52-20-23-57(54-64)49(63)53-45-47(61)46(60)37(28-58)77-48(45)62/h7,9-10,13-14,16-19,24-27,37,45-48,58,60-62H,6,8,11-12,15,20-23,28H2,1-5H3,(H5-,52,53,59,63,65,66,67,68,69,70,71,72,73,74,75,76)/p+1. The number of carbonyl (C=O) groups is 2. The number of amides is 3. The number of anilines is 1. The highest BCUT2D eigenvalue weighted by atomic mass is 32.2. The Morgan fingerprint density at radius 3 is 1.90 bits per heavy atom. The molecule has 3 heterocycles. The van der Waals surface area contributed by atoms with Crippen LogP contribution in [0.15, 0.2) is 109 Å². The molecule has 440 valence electrons.